The maximum atomic E-state index is 4.82. The molecule has 2 aromatic carbocycles. The number of benzene rings is 2. The van der Waals surface area contributed by atoms with Crippen LogP contribution in [0.5, 0.6) is 0 Å². The molecule has 0 saturated heterocycles. The van der Waals surface area contributed by atoms with Gasteiger partial charge in [-0.1, -0.05) is 160 Å². The minimum atomic E-state index is -1.11. The topological polar surface area (TPSA) is 80.5 Å². The molecule has 0 aliphatic heterocycles. The number of para-hydroxylation sites is 2. The smallest absolute Gasteiger partial charge is 0.668 e. The second-order valence-corrected chi connectivity index (χ2v) is 37.9. The Kier molecular flexibility index (Phi) is 22.6. The van der Waals surface area contributed by atoms with E-state index in [4.69, 9.17) is 9.30 Å². The number of aromatic nitrogens is 2. The standard InChI is InChI=1S/2C13H17N2.2C6H18NSi2.Li.Y/c2*1-13(2,3)15-9-10-8-14-12-7-5-4-6-11(10)12;2*1-8(2,3)7-9(4,5)6;;/h2*4-8,15H,9H2,1-3H3;2*1-6H3;;/q4*-1;+1;+3. The third-order valence-electron chi connectivity index (χ3n) is 6.18. The number of nitrogens with one attached hydrogen (secondary N) is 2. The Morgan fingerprint density at radius 2 is 0.760 bits per heavy atom. The Morgan fingerprint density at radius 3 is 0.980 bits per heavy atom. The third kappa shape index (κ3) is 25.8. The van der Waals surface area contributed by atoms with Gasteiger partial charge in [-0.05, 0) is 63.4 Å². The van der Waals surface area contributed by atoms with Crippen LogP contribution in [0.2, 0.25) is 78.6 Å². The number of fused-ring (bicyclic) bond motifs is 2. The Labute approximate surface area is 349 Å². The van der Waals surface area contributed by atoms with Gasteiger partial charge in [-0.2, -0.15) is 12.4 Å². The molecular formula is C38H70LiN6Si4Y. The third-order valence-corrected chi connectivity index (χ3v) is 16.9. The molecule has 2 heterocycles. The van der Waals surface area contributed by atoms with Gasteiger partial charge in [0, 0.05) is 24.2 Å². The van der Waals surface area contributed by atoms with Crippen molar-refractivity contribution in [3.8, 4) is 0 Å². The monoisotopic (exact) mass is 818 g/mol. The van der Waals surface area contributed by atoms with Crippen molar-refractivity contribution in [3.05, 3.63) is 81.3 Å². The second kappa shape index (κ2) is 21.7. The molecule has 272 valence electrons. The quantitative estimate of drug-likeness (QED) is 0.175. The molecule has 0 amide bonds. The van der Waals surface area contributed by atoms with Gasteiger partial charge in [0.1, 0.15) is 0 Å². The van der Waals surface area contributed by atoms with E-state index in [0.717, 1.165) is 24.1 Å². The van der Waals surface area contributed by atoms with Crippen LogP contribution in [0.1, 0.15) is 52.7 Å². The Balaban J connectivity index is 0. The van der Waals surface area contributed by atoms with Crippen molar-refractivity contribution in [3.63, 3.8) is 0 Å². The fourth-order valence-corrected chi connectivity index (χ4v) is 21.3. The zero-order chi connectivity index (χ0) is 37.2. The van der Waals surface area contributed by atoms with Crippen LogP contribution in [0.25, 0.3) is 31.1 Å². The van der Waals surface area contributed by atoms with Crippen LogP contribution in [0.15, 0.2) is 60.9 Å². The maximum Gasteiger partial charge on any atom is 3.00 e. The Morgan fingerprint density at radius 1 is 0.500 bits per heavy atom. The summed E-state index contributed by atoms with van der Waals surface area (Å²) >= 11 is 0. The zero-order valence-electron chi connectivity index (χ0n) is 35.6. The van der Waals surface area contributed by atoms with E-state index in [0.29, 0.717) is 0 Å². The van der Waals surface area contributed by atoms with E-state index < -0.39 is 32.9 Å². The minimum absolute atomic E-state index is 0. The van der Waals surface area contributed by atoms with Crippen LogP contribution in [-0.4, -0.2) is 44.0 Å². The molecule has 0 aliphatic rings. The molecule has 4 aromatic rings. The number of hydrogen-bond acceptors (Lipinski definition) is 2. The van der Waals surface area contributed by atoms with E-state index in [2.05, 4.69) is 177 Å². The molecule has 0 aliphatic carbocycles. The van der Waals surface area contributed by atoms with E-state index in [1.54, 1.807) is 0 Å². The van der Waals surface area contributed by atoms with Crippen molar-refractivity contribution in [1.29, 1.82) is 0 Å². The molecule has 2 aromatic heterocycles. The van der Waals surface area contributed by atoms with Crippen molar-refractivity contribution in [2.24, 2.45) is 0 Å². The van der Waals surface area contributed by atoms with E-state index in [-0.39, 0.29) is 62.6 Å². The van der Waals surface area contributed by atoms with Crippen molar-refractivity contribution in [1.82, 2.24) is 20.6 Å². The molecule has 0 unspecified atom stereocenters. The van der Waals surface area contributed by atoms with Gasteiger partial charge >= 0.3 is 51.6 Å². The first-order valence-corrected chi connectivity index (χ1v) is 31.3. The van der Waals surface area contributed by atoms with Crippen LogP contribution in [0, 0.1) is 0 Å². The summed E-state index contributed by atoms with van der Waals surface area (Å²) in [6, 6.07) is 16.5. The fraction of sp³-hybridized carbons (Fsp3) is 0.579. The summed E-state index contributed by atoms with van der Waals surface area (Å²) in [5, 5.41) is 9.47. The van der Waals surface area contributed by atoms with E-state index in [1.165, 1.54) is 21.9 Å². The summed E-state index contributed by atoms with van der Waals surface area (Å²) in [4.78, 5) is 8.76. The van der Waals surface area contributed by atoms with Crippen LogP contribution in [0.4, 0.5) is 0 Å². The van der Waals surface area contributed by atoms with Crippen molar-refractivity contribution in [2.45, 2.75) is 144 Å². The minimum Gasteiger partial charge on any atom is -0.668 e. The van der Waals surface area contributed by atoms with Gasteiger partial charge in [-0.15, -0.1) is 11.0 Å². The van der Waals surface area contributed by atoms with E-state index in [9.17, 15) is 0 Å². The second-order valence-electron chi connectivity index (χ2n) is 18.7. The summed E-state index contributed by atoms with van der Waals surface area (Å²) in [5.74, 6) is 0. The predicted octanol–water partition coefficient (Wildman–Crippen LogP) is 8.43. The summed E-state index contributed by atoms with van der Waals surface area (Å²) in [7, 11) is -4.42. The van der Waals surface area contributed by atoms with Gasteiger partial charge in [0.05, 0.1) is 0 Å². The number of rotatable bonds is 8. The summed E-state index contributed by atoms with van der Waals surface area (Å²) < 4.78 is 9.64. The van der Waals surface area contributed by atoms with E-state index >= 15 is 0 Å². The van der Waals surface area contributed by atoms with Crippen LogP contribution >= 0.6 is 0 Å². The van der Waals surface area contributed by atoms with Crippen LogP contribution in [0.3, 0.4) is 0 Å². The molecule has 0 atom stereocenters. The SMILES string of the molecule is CC(C)(C)NCc1c[n-]c2ccccc12.CC(C)(C)NCc1c[n-]c2ccccc12.C[Si](C)(C)[N-][Si](C)(C)C.C[Si](C)(C)[N-][Si](C)(C)C.[Li+].[Y+3]. The molecule has 6 nitrogen and oxygen atoms in total. The van der Waals surface area contributed by atoms with Crippen molar-refractivity contribution >= 4 is 54.7 Å². The zero-order valence-corrected chi connectivity index (χ0v) is 42.4. The normalized spacial score (nSPS) is 12.4. The first-order chi connectivity index (χ1) is 21.5. The fourth-order valence-electron chi connectivity index (χ4n) is 5.16. The molecule has 2 N–H and O–H groups in total. The van der Waals surface area contributed by atoms with Gasteiger partial charge in [0.15, 0.2) is 0 Å². The van der Waals surface area contributed by atoms with Crippen LogP contribution < -0.4 is 39.5 Å². The number of hydrogen-bond donors (Lipinski definition) is 2. The van der Waals surface area contributed by atoms with Gasteiger partial charge in [0.25, 0.3) is 0 Å². The molecule has 0 saturated carbocycles. The predicted molar refractivity (Wildman–Crippen MR) is 228 cm³/mol. The molecule has 4 rings (SSSR count). The summed E-state index contributed by atoms with van der Waals surface area (Å²) in [6.07, 6.45) is 3.92. The molecule has 0 fully saturated rings. The van der Waals surface area contributed by atoms with Crippen LogP contribution in [-0.2, 0) is 45.8 Å². The summed E-state index contributed by atoms with van der Waals surface area (Å²) in [6.45, 7) is 42.4. The largest absolute Gasteiger partial charge is 3.00 e. The van der Waals surface area contributed by atoms with Gasteiger partial charge in [-0.25, -0.2) is 0 Å². The van der Waals surface area contributed by atoms with Gasteiger partial charge in [-0.3, -0.25) is 0 Å². The average Bonchev–Trinajstić information content (AvgIpc) is 3.46. The van der Waals surface area contributed by atoms with E-state index in [1.807, 2.05) is 24.5 Å². The molecule has 0 bridgehead atoms. The van der Waals surface area contributed by atoms with Gasteiger partial charge < -0.3 is 29.9 Å². The summed E-state index contributed by atoms with van der Waals surface area (Å²) in [5.41, 5.74) is 5.03. The molecule has 0 radical (unpaired) electrons. The number of nitrogens with zero attached hydrogens (tertiary/aromatic N) is 4. The Hall–Kier alpha value is -0.0712. The van der Waals surface area contributed by atoms with Crippen molar-refractivity contribution < 1.29 is 51.6 Å². The Bertz CT molecular complexity index is 1360. The average molecular weight is 819 g/mol. The molecule has 50 heavy (non-hydrogen) atoms. The molecule has 0 spiro atoms. The first-order valence-electron chi connectivity index (χ1n) is 17.5. The van der Waals surface area contributed by atoms with Gasteiger partial charge in [0.2, 0.25) is 0 Å². The maximum absolute atomic E-state index is 4.82. The first kappa shape index (κ1) is 52.0. The van der Waals surface area contributed by atoms with Crippen molar-refractivity contribution in [2.75, 3.05) is 0 Å². The molecule has 12 heteroatoms. The molecular weight excluding hydrogens is 749 g/mol.